The van der Waals surface area contributed by atoms with Crippen LogP contribution >= 0.6 is 11.3 Å². The van der Waals surface area contributed by atoms with Gasteiger partial charge in [0.2, 0.25) is 5.91 Å². The number of halogens is 2. The second kappa shape index (κ2) is 5.26. The lowest BCUT2D eigenvalue weighted by atomic mass is 10.3. The summed E-state index contributed by atoms with van der Waals surface area (Å²) in [6.07, 6.45) is 0.357. The molecule has 0 radical (unpaired) electrons. The second-order valence-electron chi connectivity index (χ2n) is 3.43. The van der Waals surface area contributed by atoms with E-state index in [0.717, 1.165) is 0 Å². The lowest BCUT2D eigenvalue weighted by Crippen LogP contribution is -2.08. The number of thiazole rings is 1. The van der Waals surface area contributed by atoms with Crippen LogP contribution in [0.25, 0.3) is 10.2 Å². The molecule has 0 aliphatic rings. The van der Waals surface area contributed by atoms with Crippen LogP contribution in [0, 0.1) is 0 Å². The number of nitrogens with zero attached hydrogens (tertiary/aromatic N) is 1. The van der Waals surface area contributed by atoms with Crippen LogP contribution in [0.3, 0.4) is 0 Å². The molecule has 0 spiro atoms. The Morgan fingerprint density at radius 1 is 1.56 bits per heavy atom. The molecule has 0 bridgehead atoms. The summed E-state index contributed by atoms with van der Waals surface area (Å²) in [5.74, 6) is -0.0624. The molecule has 0 aliphatic carbocycles. The standard InChI is InChI=1S/C11H10F2N2O2S/c1-2-9(16)15-11-14-7-4-3-6(17-10(12)13)5-8(7)18-11/h3-5,10H,2H2,1H3,(H,14,15,16). The fourth-order valence-corrected chi connectivity index (χ4v) is 2.25. The van der Waals surface area contributed by atoms with Crippen molar-refractivity contribution in [2.45, 2.75) is 20.0 Å². The van der Waals surface area contributed by atoms with Gasteiger partial charge in [-0.1, -0.05) is 18.3 Å². The summed E-state index contributed by atoms with van der Waals surface area (Å²) in [5.41, 5.74) is 0.632. The molecule has 4 nitrogen and oxygen atoms in total. The quantitative estimate of drug-likeness (QED) is 0.929. The molecule has 0 unspecified atom stereocenters. The number of carbonyl (C=O) groups is 1. The minimum Gasteiger partial charge on any atom is -0.435 e. The third kappa shape index (κ3) is 2.92. The first kappa shape index (κ1) is 12.7. The van der Waals surface area contributed by atoms with E-state index in [-0.39, 0.29) is 11.7 Å². The molecule has 7 heteroatoms. The largest absolute Gasteiger partial charge is 0.435 e. The van der Waals surface area contributed by atoms with Gasteiger partial charge in [-0.3, -0.25) is 4.79 Å². The Morgan fingerprint density at radius 3 is 3.00 bits per heavy atom. The third-order valence-corrected chi connectivity index (χ3v) is 3.09. The number of hydrogen-bond donors (Lipinski definition) is 1. The maximum atomic E-state index is 12.1. The summed E-state index contributed by atoms with van der Waals surface area (Å²) >= 11 is 1.21. The highest BCUT2D eigenvalue weighted by Crippen LogP contribution is 2.29. The Kier molecular flexibility index (Phi) is 3.71. The Balaban J connectivity index is 2.25. The lowest BCUT2D eigenvalue weighted by Gasteiger charge is -2.02. The van der Waals surface area contributed by atoms with Gasteiger partial charge >= 0.3 is 6.61 Å². The Bertz CT molecular complexity index is 571. The van der Waals surface area contributed by atoms with Gasteiger partial charge in [-0.25, -0.2) is 4.98 Å². The van der Waals surface area contributed by atoms with Crippen LogP contribution in [-0.4, -0.2) is 17.5 Å². The van der Waals surface area contributed by atoms with Crippen LogP contribution in [0.4, 0.5) is 13.9 Å². The van der Waals surface area contributed by atoms with Crippen LogP contribution in [0.15, 0.2) is 18.2 Å². The van der Waals surface area contributed by atoms with Crippen molar-refractivity contribution in [3.8, 4) is 5.75 Å². The zero-order valence-corrected chi connectivity index (χ0v) is 10.3. The maximum Gasteiger partial charge on any atom is 0.387 e. The number of rotatable bonds is 4. The van der Waals surface area contributed by atoms with Crippen molar-refractivity contribution in [1.29, 1.82) is 0 Å². The molecule has 1 aromatic carbocycles. The van der Waals surface area contributed by atoms with Crippen molar-refractivity contribution < 1.29 is 18.3 Å². The minimum atomic E-state index is -2.85. The Hall–Kier alpha value is -1.76. The van der Waals surface area contributed by atoms with Crippen LogP contribution < -0.4 is 10.1 Å². The molecule has 0 atom stereocenters. The molecule has 96 valence electrons. The normalized spacial score (nSPS) is 10.9. The average Bonchev–Trinajstić information content (AvgIpc) is 2.69. The van der Waals surface area contributed by atoms with Gasteiger partial charge in [0.05, 0.1) is 10.2 Å². The summed E-state index contributed by atoms with van der Waals surface area (Å²) in [6.45, 7) is -1.12. The second-order valence-corrected chi connectivity index (χ2v) is 4.46. The first-order valence-electron chi connectivity index (χ1n) is 5.23. The highest BCUT2D eigenvalue weighted by atomic mass is 32.1. The van der Waals surface area contributed by atoms with Gasteiger partial charge in [0.25, 0.3) is 0 Å². The van der Waals surface area contributed by atoms with E-state index in [0.29, 0.717) is 21.8 Å². The molecule has 1 aromatic heterocycles. The van der Waals surface area contributed by atoms with Crippen molar-refractivity contribution in [3.05, 3.63) is 18.2 Å². The van der Waals surface area contributed by atoms with Gasteiger partial charge in [0.1, 0.15) is 5.75 Å². The van der Waals surface area contributed by atoms with Crippen LogP contribution in [-0.2, 0) is 4.79 Å². The summed E-state index contributed by atoms with van der Waals surface area (Å²) in [4.78, 5) is 15.4. The van der Waals surface area contributed by atoms with E-state index in [1.807, 2.05) is 0 Å². The van der Waals surface area contributed by atoms with E-state index in [1.54, 1.807) is 13.0 Å². The number of nitrogens with one attached hydrogen (secondary N) is 1. The number of ether oxygens (including phenoxy) is 1. The third-order valence-electron chi connectivity index (χ3n) is 2.15. The number of hydrogen-bond acceptors (Lipinski definition) is 4. The van der Waals surface area contributed by atoms with Crippen molar-refractivity contribution in [1.82, 2.24) is 4.98 Å². The highest BCUT2D eigenvalue weighted by molar-refractivity contribution is 7.22. The van der Waals surface area contributed by atoms with E-state index in [2.05, 4.69) is 15.0 Å². The average molecular weight is 272 g/mol. The van der Waals surface area contributed by atoms with Crippen molar-refractivity contribution >= 4 is 32.6 Å². The fraction of sp³-hybridized carbons (Fsp3) is 0.273. The van der Waals surface area contributed by atoms with Gasteiger partial charge in [0.15, 0.2) is 5.13 Å². The summed E-state index contributed by atoms with van der Waals surface area (Å²) < 4.78 is 29.1. The molecular formula is C11H10F2N2O2S. The first-order valence-corrected chi connectivity index (χ1v) is 6.05. The van der Waals surface area contributed by atoms with E-state index in [9.17, 15) is 13.6 Å². The van der Waals surface area contributed by atoms with Crippen LogP contribution in [0.2, 0.25) is 0 Å². The molecule has 1 N–H and O–H groups in total. The smallest absolute Gasteiger partial charge is 0.387 e. The highest BCUT2D eigenvalue weighted by Gasteiger charge is 2.09. The monoisotopic (exact) mass is 272 g/mol. The number of aromatic nitrogens is 1. The minimum absolute atomic E-state index is 0.0783. The number of anilines is 1. The van der Waals surface area contributed by atoms with Gasteiger partial charge in [0, 0.05) is 6.42 Å². The van der Waals surface area contributed by atoms with E-state index in [1.165, 1.54) is 23.5 Å². The summed E-state index contributed by atoms with van der Waals surface area (Å²) in [7, 11) is 0. The van der Waals surface area contributed by atoms with E-state index >= 15 is 0 Å². The molecule has 0 fully saturated rings. The number of carbonyl (C=O) groups excluding carboxylic acids is 1. The molecule has 0 saturated carbocycles. The first-order chi connectivity index (χ1) is 8.58. The number of fused-ring (bicyclic) bond motifs is 1. The predicted octanol–water partition coefficient (Wildman–Crippen LogP) is 3.25. The van der Waals surface area contributed by atoms with Crippen molar-refractivity contribution in [2.24, 2.45) is 0 Å². The Labute approximate surface area is 106 Å². The summed E-state index contributed by atoms with van der Waals surface area (Å²) in [6, 6.07) is 4.46. The molecular weight excluding hydrogens is 262 g/mol. The molecule has 18 heavy (non-hydrogen) atoms. The SMILES string of the molecule is CCC(=O)Nc1nc2ccc(OC(F)F)cc2s1. The van der Waals surface area contributed by atoms with Gasteiger partial charge in [-0.2, -0.15) is 8.78 Å². The lowest BCUT2D eigenvalue weighted by molar-refractivity contribution is -0.115. The molecule has 0 saturated heterocycles. The van der Waals surface area contributed by atoms with Gasteiger partial charge in [-0.15, -0.1) is 0 Å². The predicted molar refractivity (Wildman–Crippen MR) is 65.2 cm³/mol. The molecule has 1 heterocycles. The number of benzene rings is 1. The van der Waals surface area contributed by atoms with Crippen LogP contribution in [0.5, 0.6) is 5.75 Å². The van der Waals surface area contributed by atoms with E-state index in [4.69, 9.17) is 0 Å². The molecule has 0 aliphatic heterocycles. The fourth-order valence-electron chi connectivity index (χ4n) is 1.34. The number of amides is 1. The zero-order valence-electron chi connectivity index (χ0n) is 9.44. The summed E-state index contributed by atoms with van der Waals surface area (Å²) in [5, 5.41) is 3.07. The topological polar surface area (TPSA) is 51.2 Å². The number of alkyl halides is 2. The van der Waals surface area contributed by atoms with Gasteiger partial charge < -0.3 is 10.1 Å². The zero-order chi connectivity index (χ0) is 13.1. The van der Waals surface area contributed by atoms with Crippen LogP contribution in [0.1, 0.15) is 13.3 Å². The van der Waals surface area contributed by atoms with Crippen molar-refractivity contribution in [2.75, 3.05) is 5.32 Å². The van der Waals surface area contributed by atoms with E-state index < -0.39 is 6.61 Å². The molecule has 2 rings (SSSR count). The maximum absolute atomic E-state index is 12.1. The Morgan fingerprint density at radius 2 is 2.33 bits per heavy atom. The van der Waals surface area contributed by atoms with Gasteiger partial charge in [-0.05, 0) is 18.2 Å². The molecule has 1 amide bonds. The molecule has 2 aromatic rings. The van der Waals surface area contributed by atoms with Crippen molar-refractivity contribution in [3.63, 3.8) is 0 Å².